The molecule has 3 rings (SSSR count). The highest BCUT2D eigenvalue weighted by Crippen LogP contribution is 2.36. The fourth-order valence-electron chi connectivity index (χ4n) is 2.46. The first-order valence-electron chi connectivity index (χ1n) is 6.84. The summed E-state index contributed by atoms with van der Waals surface area (Å²) in [6.45, 7) is 2.29. The fourth-order valence-corrected chi connectivity index (χ4v) is 2.46. The van der Waals surface area contributed by atoms with Gasteiger partial charge in [0.1, 0.15) is 11.6 Å². The van der Waals surface area contributed by atoms with Crippen LogP contribution in [0.2, 0.25) is 0 Å². The number of hydrogen-bond donors (Lipinski definition) is 1. The van der Waals surface area contributed by atoms with Crippen LogP contribution in [0.1, 0.15) is 11.3 Å². The van der Waals surface area contributed by atoms with Gasteiger partial charge in [-0.1, -0.05) is 17.7 Å². The molecule has 0 aliphatic carbocycles. The molecule has 1 aliphatic heterocycles. The van der Waals surface area contributed by atoms with Crippen LogP contribution in [0.15, 0.2) is 42.6 Å². The topological polar surface area (TPSA) is 62.7 Å². The van der Waals surface area contributed by atoms with Crippen molar-refractivity contribution in [2.45, 2.75) is 12.5 Å². The number of nitrogens with zero attached hydrogens (tertiary/aromatic N) is 2. The highest BCUT2D eigenvalue weighted by atomic mass is 19.1. The van der Waals surface area contributed by atoms with Gasteiger partial charge in [-0.2, -0.15) is 0 Å². The van der Waals surface area contributed by atoms with E-state index in [2.05, 4.69) is 4.98 Å². The summed E-state index contributed by atoms with van der Waals surface area (Å²) in [4.78, 5) is 16.3. The van der Waals surface area contributed by atoms with Gasteiger partial charge in [-0.3, -0.25) is 9.88 Å². The number of carbonyl (C=O) groups is 1. The lowest BCUT2D eigenvalue weighted by molar-refractivity contribution is -0.0723. The van der Waals surface area contributed by atoms with Crippen LogP contribution < -0.4 is 4.74 Å². The predicted molar refractivity (Wildman–Crippen MR) is 77.3 cm³/mol. The maximum atomic E-state index is 13.1. The van der Waals surface area contributed by atoms with E-state index >= 15 is 0 Å². The number of pyridine rings is 1. The molecule has 0 spiro atoms. The zero-order valence-electron chi connectivity index (χ0n) is 12.0. The molecule has 6 heteroatoms. The third-order valence-corrected chi connectivity index (χ3v) is 3.69. The molecule has 1 aromatic heterocycles. The number of hydrogen-bond acceptors (Lipinski definition) is 3. The monoisotopic (exact) mass is 302 g/mol. The summed E-state index contributed by atoms with van der Waals surface area (Å²) in [7, 11) is 0. The van der Waals surface area contributed by atoms with Crippen molar-refractivity contribution in [3.63, 3.8) is 0 Å². The van der Waals surface area contributed by atoms with Crippen LogP contribution in [0.3, 0.4) is 0 Å². The van der Waals surface area contributed by atoms with E-state index in [4.69, 9.17) is 9.84 Å². The molecule has 114 valence electrons. The van der Waals surface area contributed by atoms with Crippen LogP contribution in [0.5, 0.6) is 5.75 Å². The number of benzene rings is 1. The van der Waals surface area contributed by atoms with Gasteiger partial charge in [-0.25, -0.2) is 9.18 Å². The molecule has 1 aliphatic rings. The predicted octanol–water partition coefficient (Wildman–Crippen LogP) is 2.80. The standard InChI is InChI=1S/C16H15FN2O3/c1-11-2-5-13(6-3-11)22-16(9-19(10-16)15(20)21)14-7-4-12(17)8-18-14/h2-8H,9-10H2,1H3,(H,20,21). The van der Waals surface area contributed by atoms with Crippen molar-refractivity contribution in [1.29, 1.82) is 0 Å². The molecular weight excluding hydrogens is 287 g/mol. The third kappa shape index (κ3) is 2.59. The van der Waals surface area contributed by atoms with Gasteiger partial charge in [0.25, 0.3) is 0 Å². The van der Waals surface area contributed by atoms with Crippen molar-refractivity contribution < 1.29 is 19.0 Å². The summed E-state index contributed by atoms with van der Waals surface area (Å²) < 4.78 is 19.1. The Balaban J connectivity index is 1.89. The lowest BCUT2D eigenvalue weighted by atomic mass is 9.89. The Morgan fingerprint density at radius 2 is 1.95 bits per heavy atom. The second kappa shape index (κ2) is 5.29. The number of likely N-dealkylation sites (tertiary alicyclic amines) is 1. The first-order valence-corrected chi connectivity index (χ1v) is 6.84. The van der Waals surface area contributed by atoms with Crippen molar-refractivity contribution in [3.8, 4) is 5.75 Å². The van der Waals surface area contributed by atoms with Gasteiger partial charge < -0.3 is 9.84 Å². The Hall–Kier alpha value is -2.63. The van der Waals surface area contributed by atoms with Gasteiger partial charge in [0.2, 0.25) is 0 Å². The quantitative estimate of drug-likeness (QED) is 0.947. The van der Waals surface area contributed by atoms with E-state index in [1.54, 1.807) is 0 Å². The van der Waals surface area contributed by atoms with Crippen LogP contribution in [-0.4, -0.2) is 34.2 Å². The van der Waals surface area contributed by atoms with E-state index in [9.17, 15) is 9.18 Å². The number of rotatable bonds is 3. The summed E-state index contributed by atoms with van der Waals surface area (Å²) >= 11 is 0. The van der Waals surface area contributed by atoms with Gasteiger partial charge in [-0.05, 0) is 31.2 Å². The Kier molecular flexibility index (Phi) is 3.44. The van der Waals surface area contributed by atoms with Crippen molar-refractivity contribution in [2.75, 3.05) is 13.1 Å². The van der Waals surface area contributed by atoms with Gasteiger partial charge in [0.05, 0.1) is 25.0 Å². The smallest absolute Gasteiger partial charge is 0.407 e. The number of amides is 1. The van der Waals surface area contributed by atoms with E-state index < -0.39 is 17.5 Å². The Bertz CT molecular complexity index is 680. The van der Waals surface area contributed by atoms with Crippen molar-refractivity contribution in [2.24, 2.45) is 0 Å². The number of ether oxygens (including phenoxy) is 1. The zero-order valence-corrected chi connectivity index (χ0v) is 12.0. The molecule has 1 aromatic carbocycles. The second-order valence-corrected chi connectivity index (χ2v) is 5.41. The van der Waals surface area contributed by atoms with Gasteiger partial charge in [-0.15, -0.1) is 0 Å². The highest BCUT2D eigenvalue weighted by Gasteiger charge is 2.50. The summed E-state index contributed by atoms with van der Waals surface area (Å²) in [5.74, 6) is 0.186. The minimum atomic E-state index is -1.01. The number of halogens is 1. The molecule has 0 unspecified atom stereocenters. The molecule has 2 aromatic rings. The summed E-state index contributed by atoms with van der Waals surface area (Å²) in [6.07, 6.45) is 0.101. The Morgan fingerprint density at radius 1 is 1.27 bits per heavy atom. The highest BCUT2D eigenvalue weighted by molar-refractivity contribution is 5.67. The van der Waals surface area contributed by atoms with E-state index in [1.165, 1.54) is 17.0 Å². The maximum Gasteiger partial charge on any atom is 0.407 e. The molecular formula is C16H15FN2O3. The SMILES string of the molecule is Cc1ccc(OC2(c3ccc(F)cn3)CN(C(=O)O)C2)cc1. The molecule has 0 saturated carbocycles. The lowest BCUT2D eigenvalue weighted by Gasteiger charge is -2.47. The Labute approximate surface area is 127 Å². The number of aryl methyl sites for hydroxylation is 1. The van der Waals surface area contributed by atoms with E-state index in [1.807, 2.05) is 31.2 Å². The summed E-state index contributed by atoms with van der Waals surface area (Å²) in [5.41, 5.74) is 0.746. The van der Waals surface area contributed by atoms with Crippen LogP contribution in [0, 0.1) is 12.7 Å². The molecule has 0 radical (unpaired) electrons. The van der Waals surface area contributed by atoms with Gasteiger partial charge >= 0.3 is 6.09 Å². The normalized spacial score (nSPS) is 16.0. The molecule has 5 nitrogen and oxygen atoms in total. The summed E-state index contributed by atoms with van der Waals surface area (Å²) in [5, 5.41) is 9.05. The molecule has 1 N–H and O–H groups in total. The summed E-state index contributed by atoms with van der Waals surface area (Å²) in [6, 6.07) is 10.3. The first-order chi connectivity index (χ1) is 10.5. The van der Waals surface area contributed by atoms with Crippen LogP contribution in [0.25, 0.3) is 0 Å². The van der Waals surface area contributed by atoms with Crippen LogP contribution in [-0.2, 0) is 5.60 Å². The molecule has 2 heterocycles. The van der Waals surface area contributed by atoms with Crippen LogP contribution in [0.4, 0.5) is 9.18 Å². The van der Waals surface area contributed by atoms with Crippen molar-refractivity contribution in [1.82, 2.24) is 9.88 Å². The molecule has 0 bridgehead atoms. The molecule has 22 heavy (non-hydrogen) atoms. The van der Waals surface area contributed by atoms with Gasteiger partial charge in [0, 0.05) is 0 Å². The van der Waals surface area contributed by atoms with Gasteiger partial charge in [0.15, 0.2) is 5.60 Å². The largest absolute Gasteiger partial charge is 0.477 e. The molecule has 1 amide bonds. The molecule has 1 saturated heterocycles. The molecule has 0 atom stereocenters. The average molecular weight is 302 g/mol. The van der Waals surface area contributed by atoms with Crippen LogP contribution >= 0.6 is 0 Å². The zero-order chi connectivity index (χ0) is 15.7. The Morgan fingerprint density at radius 3 is 2.50 bits per heavy atom. The van der Waals surface area contributed by atoms with E-state index in [0.29, 0.717) is 11.4 Å². The van der Waals surface area contributed by atoms with Crippen molar-refractivity contribution >= 4 is 6.09 Å². The third-order valence-electron chi connectivity index (χ3n) is 3.69. The average Bonchev–Trinajstić information content (AvgIpc) is 2.45. The second-order valence-electron chi connectivity index (χ2n) is 5.41. The number of carboxylic acid groups (broad SMARTS) is 1. The maximum absolute atomic E-state index is 13.1. The molecule has 1 fully saturated rings. The fraction of sp³-hybridized carbons (Fsp3) is 0.250. The van der Waals surface area contributed by atoms with Crippen molar-refractivity contribution in [3.05, 3.63) is 59.7 Å². The van der Waals surface area contributed by atoms with E-state index in [-0.39, 0.29) is 13.1 Å². The lowest BCUT2D eigenvalue weighted by Crippen LogP contribution is -2.64. The minimum Gasteiger partial charge on any atom is -0.477 e. The van der Waals surface area contributed by atoms with E-state index in [0.717, 1.165) is 11.8 Å². The minimum absolute atomic E-state index is 0.162. The first kappa shape index (κ1) is 14.3. The number of aromatic nitrogens is 1.